The minimum atomic E-state index is -0.373. The molecule has 0 amide bonds. The van der Waals surface area contributed by atoms with Crippen LogP contribution in [0.1, 0.15) is 20.3 Å². The molecule has 0 saturated heterocycles. The van der Waals surface area contributed by atoms with Gasteiger partial charge in [-0.25, -0.2) is 9.59 Å². The zero-order valence-electron chi connectivity index (χ0n) is 9.06. The molecule has 0 bridgehead atoms. The number of carbonyl (C=O) groups excluding carboxylic acids is 2. The van der Waals surface area contributed by atoms with E-state index in [1.165, 1.54) is 12.2 Å². The molecule has 0 aromatic carbocycles. The van der Waals surface area contributed by atoms with Crippen LogP contribution in [-0.2, 0) is 19.1 Å². The lowest BCUT2D eigenvalue weighted by molar-refractivity contribution is -0.138. The minimum absolute atomic E-state index is 0.363. The first-order valence-corrected chi connectivity index (χ1v) is 4.87. The third kappa shape index (κ3) is 8.74. The van der Waals surface area contributed by atoms with E-state index >= 15 is 0 Å². The van der Waals surface area contributed by atoms with Crippen LogP contribution in [0.15, 0.2) is 24.3 Å². The number of hydrogen-bond donors (Lipinski definition) is 0. The van der Waals surface area contributed by atoms with Crippen LogP contribution in [0.25, 0.3) is 0 Å². The van der Waals surface area contributed by atoms with E-state index in [-0.39, 0.29) is 11.9 Å². The van der Waals surface area contributed by atoms with Crippen molar-refractivity contribution in [3.63, 3.8) is 0 Å². The zero-order chi connectivity index (χ0) is 11.5. The van der Waals surface area contributed by atoms with Gasteiger partial charge in [-0.15, -0.1) is 0 Å². The Morgan fingerprint density at radius 1 is 0.933 bits per heavy atom. The molecule has 0 aliphatic rings. The maximum absolute atomic E-state index is 10.8. The Kier molecular flexibility index (Phi) is 8.05. The van der Waals surface area contributed by atoms with E-state index in [4.69, 9.17) is 0 Å². The van der Waals surface area contributed by atoms with Gasteiger partial charge in [0.2, 0.25) is 0 Å². The SMILES string of the molecule is CCOC(=O)C=CCC=CC(=O)OCC. The molecule has 0 rings (SSSR count). The van der Waals surface area contributed by atoms with E-state index in [9.17, 15) is 9.59 Å². The quantitative estimate of drug-likeness (QED) is 0.496. The second-order valence-corrected chi connectivity index (χ2v) is 2.54. The summed E-state index contributed by atoms with van der Waals surface area (Å²) in [7, 11) is 0. The average Bonchev–Trinajstić information content (AvgIpc) is 2.18. The fourth-order valence-corrected chi connectivity index (χ4v) is 0.788. The summed E-state index contributed by atoms with van der Waals surface area (Å²) in [5.41, 5.74) is 0. The molecule has 0 spiro atoms. The van der Waals surface area contributed by atoms with Crippen LogP contribution in [0, 0.1) is 0 Å². The van der Waals surface area contributed by atoms with Crippen molar-refractivity contribution in [3.8, 4) is 0 Å². The minimum Gasteiger partial charge on any atom is -0.463 e. The predicted octanol–water partition coefficient (Wildman–Crippen LogP) is 1.62. The van der Waals surface area contributed by atoms with Crippen LogP contribution in [0.4, 0.5) is 0 Å². The van der Waals surface area contributed by atoms with Gasteiger partial charge >= 0.3 is 11.9 Å². The number of allylic oxidation sites excluding steroid dienone is 2. The van der Waals surface area contributed by atoms with Crippen LogP contribution in [0.3, 0.4) is 0 Å². The van der Waals surface area contributed by atoms with Crippen molar-refractivity contribution in [2.45, 2.75) is 20.3 Å². The van der Waals surface area contributed by atoms with Gasteiger partial charge in [-0.3, -0.25) is 0 Å². The Balaban J connectivity index is 3.68. The van der Waals surface area contributed by atoms with E-state index < -0.39 is 0 Å². The van der Waals surface area contributed by atoms with Crippen LogP contribution in [-0.4, -0.2) is 25.2 Å². The van der Waals surface area contributed by atoms with Crippen LogP contribution in [0.5, 0.6) is 0 Å². The van der Waals surface area contributed by atoms with Crippen molar-refractivity contribution in [2.24, 2.45) is 0 Å². The molecule has 0 aromatic heterocycles. The van der Waals surface area contributed by atoms with E-state index in [2.05, 4.69) is 9.47 Å². The van der Waals surface area contributed by atoms with E-state index in [1.807, 2.05) is 0 Å². The molecule has 0 atom stereocenters. The van der Waals surface area contributed by atoms with Crippen LogP contribution < -0.4 is 0 Å². The van der Waals surface area contributed by atoms with Gasteiger partial charge in [-0.1, -0.05) is 12.2 Å². The predicted molar refractivity (Wildman–Crippen MR) is 56.2 cm³/mol. The molecule has 0 aliphatic carbocycles. The monoisotopic (exact) mass is 212 g/mol. The number of carbonyl (C=O) groups is 2. The normalized spacial score (nSPS) is 10.8. The van der Waals surface area contributed by atoms with Gasteiger partial charge in [-0.2, -0.15) is 0 Å². The zero-order valence-corrected chi connectivity index (χ0v) is 9.06. The van der Waals surface area contributed by atoms with Crippen molar-refractivity contribution in [2.75, 3.05) is 13.2 Å². The molecule has 4 nitrogen and oxygen atoms in total. The summed E-state index contributed by atoms with van der Waals surface area (Å²) in [5, 5.41) is 0. The summed E-state index contributed by atoms with van der Waals surface area (Å²) < 4.78 is 9.33. The molecule has 0 unspecified atom stereocenters. The third-order valence-electron chi connectivity index (χ3n) is 1.35. The van der Waals surface area contributed by atoms with Crippen molar-refractivity contribution in [1.82, 2.24) is 0 Å². The van der Waals surface area contributed by atoms with Crippen LogP contribution >= 0.6 is 0 Å². The lowest BCUT2D eigenvalue weighted by Gasteiger charge is -1.94. The lowest BCUT2D eigenvalue weighted by Crippen LogP contribution is -1.99. The smallest absolute Gasteiger partial charge is 0.330 e. The average molecular weight is 212 g/mol. The molecule has 84 valence electrons. The second kappa shape index (κ2) is 8.99. The van der Waals surface area contributed by atoms with Gasteiger partial charge in [0.15, 0.2) is 0 Å². The lowest BCUT2D eigenvalue weighted by atomic mass is 10.3. The summed E-state index contributed by atoms with van der Waals surface area (Å²) >= 11 is 0. The first kappa shape index (κ1) is 13.4. The summed E-state index contributed by atoms with van der Waals surface area (Å²) in [6, 6.07) is 0. The van der Waals surface area contributed by atoms with E-state index in [1.54, 1.807) is 26.0 Å². The maximum atomic E-state index is 10.8. The number of esters is 2. The van der Waals surface area contributed by atoms with Gasteiger partial charge in [0.05, 0.1) is 13.2 Å². The molecule has 0 heterocycles. The van der Waals surface area contributed by atoms with Gasteiger partial charge in [0.1, 0.15) is 0 Å². The largest absolute Gasteiger partial charge is 0.463 e. The molecule has 0 radical (unpaired) electrons. The first-order chi connectivity index (χ1) is 7.20. The topological polar surface area (TPSA) is 52.6 Å². The van der Waals surface area contributed by atoms with E-state index in [0.717, 1.165) is 0 Å². The van der Waals surface area contributed by atoms with Crippen molar-refractivity contribution in [1.29, 1.82) is 0 Å². The van der Waals surface area contributed by atoms with Crippen molar-refractivity contribution >= 4 is 11.9 Å². The van der Waals surface area contributed by atoms with E-state index in [0.29, 0.717) is 19.6 Å². The highest BCUT2D eigenvalue weighted by molar-refractivity contribution is 5.82. The number of rotatable bonds is 6. The summed E-state index contributed by atoms with van der Waals surface area (Å²) in [5.74, 6) is -0.746. The third-order valence-corrected chi connectivity index (χ3v) is 1.35. The first-order valence-electron chi connectivity index (χ1n) is 4.87. The summed E-state index contributed by atoms with van der Waals surface area (Å²) in [6.07, 6.45) is 6.40. The highest BCUT2D eigenvalue weighted by Gasteiger charge is 1.92. The van der Waals surface area contributed by atoms with Crippen molar-refractivity contribution < 1.29 is 19.1 Å². The standard InChI is InChI=1S/C11H16O4/c1-3-14-10(12)8-6-5-7-9-11(13)15-4-2/h6-9H,3-5H2,1-2H3. The molecule has 0 aromatic rings. The van der Waals surface area contributed by atoms with Gasteiger partial charge in [0, 0.05) is 12.2 Å². The molecular weight excluding hydrogens is 196 g/mol. The molecule has 0 saturated carbocycles. The number of hydrogen-bond acceptors (Lipinski definition) is 4. The Labute approximate surface area is 89.6 Å². The molecule has 0 aliphatic heterocycles. The second-order valence-electron chi connectivity index (χ2n) is 2.54. The highest BCUT2D eigenvalue weighted by atomic mass is 16.5. The van der Waals surface area contributed by atoms with Gasteiger partial charge in [0.25, 0.3) is 0 Å². The Bertz CT molecular complexity index is 227. The molecule has 4 heteroatoms. The highest BCUT2D eigenvalue weighted by Crippen LogP contribution is 1.89. The molecule has 0 fully saturated rings. The fraction of sp³-hybridized carbons (Fsp3) is 0.455. The Morgan fingerprint density at radius 2 is 1.33 bits per heavy atom. The van der Waals surface area contributed by atoms with Crippen LogP contribution in [0.2, 0.25) is 0 Å². The molecule has 0 N–H and O–H groups in total. The Morgan fingerprint density at radius 3 is 1.67 bits per heavy atom. The maximum Gasteiger partial charge on any atom is 0.330 e. The van der Waals surface area contributed by atoms with Gasteiger partial charge < -0.3 is 9.47 Å². The number of ether oxygens (including phenoxy) is 2. The summed E-state index contributed by atoms with van der Waals surface area (Å²) in [4.78, 5) is 21.6. The summed E-state index contributed by atoms with van der Waals surface area (Å²) in [6.45, 7) is 4.21. The molecular formula is C11H16O4. The van der Waals surface area contributed by atoms with Gasteiger partial charge in [-0.05, 0) is 20.3 Å². The fourth-order valence-electron chi connectivity index (χ4n) is 0.788. The Hall–Kier alpha value is -1.58. The molecule has 15 heavy (non-hydrogen) atoms. The van der Waals surface area contributed by atoms with Crippen molar-refractivity contribution in [3.05, 3.63) is 24.3 Å².